The van der Waals surface area contributed by atoms with Gasteiger partial charge in [-0.25, -0.2) is 0 Å². The van der Waals surface area contributed by atoms with Crippen molar-refractivity contribution in [2.75, 3.05) is 6.61 Å². The molecule has 0 aromatic heterocycles. The van der Waals surface area contributed by atoms with Gasteiger partial charge in [0.05, 0.1) is 0 Å². The number of ether oxygens (including phenoxy) is 5. The fourth-order valence-electron chi connectivity index (χ4n) is 4.61. The van der Waals surface area contributed by atoms with Gasteiger partial charge in [-0.1, -0.05) is 30.3 Å². The van der Waals surface area contributed by atoms with Gasteiger partial charge in [0.15, 0.2) is 18.3 Å². The van der Waals surface area contributed by atoms with Crippen LogP contribution >= 0.6 is 0 Å². The number of carbonyl (C=O) groups excluding carboxylic acids is 4. The Bertz CT molecular complexity index is 1520. The molecule has 0 radical (unpaired) electrons. The third-order valence-corrected chi connectivity index (χ3v) is 7.48. The topological polar surface area (TPSA) is 158 Å². The maximum absolute atomic E-state index is 12.7. The fraction of sp³-hybridized carbons (Fsp3) is 0.448. The molecule has 0 aliphatic carbocycles. The summed E-state index contributed by atoms with van der Waals surface area (Å²) in [6, 6.07) is 10.0. The van der Waals surface area contributed by atoms with Crippen LogP contribution in [-0.4, -0.2) is 68.8 Å². The van der Waals surface area contributed by atoms with E-state index in [0.717, 1.165) is 45.4 Å². The van der Waals surface area contributed by atoms with Gasteiger partial charge in [0.2, 0.25) is 0 Å². The molecule has 0 saturated carbocycles. The van der Waals surface area contributed by atoms with Gasteiger partial charge in [0, 0.05) is 27.7 Å². The molecule has 16 heteroatoms. The Morgan fingerprint density at radius 1 is 0.800 bits per heavy atom. The molecule has 1 aliphatic rings. The van der Waals surface area contributed by atoms with Crippen LogP contribution in [0.15, 0.2) is 42.5 Å². The number of rotatable bonds is 10. The molecule has 3 rings (SSSR count). The zero-order valence-electron chi connectivity index (χ0n) is 24.8. The first-order chi connectivity index (χ1) is 20.9. The van der Waals surface area contributed by atoms with Crippen molar-refractivity contribution in [3.8, 4) is 5.75 Å². The zero-order valence-corrected chi connectivity index (χ0v) is 25.6. The van der Waals surface area contributed by atoms with Crippen molar-refractivity contribution in [1.29, 1.82) is 0 Å². The number of halogens is 3. The first kappa shape index (κ1) is 35.3. The highest BCUT2D eigenvalue weighted by molar-refractivity contribution is 7.88. The summed E-state index contributed by atoms with van der Waals surface area (Å²) in [6.45, 7) is 5.90. The van der Waals surface area contributed by atoms with Crippen LogP contribution in [0.25, 0.3) is 0 Å². The van der Waals surface area contributed by atoms with E-state index in [1.165, 1.54) is 12.1 Å². The van der Waals surface area contributed by atoms with Crippen LogP contribution in [0.4, 0.5) is 13.2 Å². The number of hydrogen-bond donors (Lipinski definition) is 0. The van der Waals surface area contributed by atoms with Gasteiger partial charge >= 0.3 is 39.5 Å². The number of carbonyl (C=O) groups is 4. The van der Waals surface area contributed by atoms with Crippen LogP contribution in [0, 0.1) is 6.92 Å². The summed E-state index contributed by atoms with van der Waals surface area (Å²) in [5, 5.41) is 0. The molecular weight excluding hydrogens is 629 g/mol. The number of hydrogen-bond acceptors (Lipinski definition) is 12. The molecule has 0 bridgehead atoms. The molecule has 1 saturated heterocycles. The fourth-order valence-corrected chi connectivity index (χ4v) is 5.07. The lowest BCUT2D eigenvalue weighted by Gasteiger charge is -2.44. The maximum atomic E-state index is 12.7. The second-order valence-corrected chi connectivity index (χ2v) is 11.6. The smallest absolute Gasteiger partial charge is 0.463 e. The van der Waals surface area contributed by atoms with E-state index in [4.69, 9.17) is 23.7 Å². The number of benzene rings is 2. The van der Waals surface area contributed by atoms with E-state index in [0.29, 0.717) is 16.7 Å². The molecule has 1 heterocycles. The minimum atomic E-state index is -5.83. The van der Waals surface area contributed by atoms with Crippen LogP contribution in [0.1, 0.15) is 56.1 Å². The molecule has 0 spiro atoms. The van der Waals surface area contributed by atoms with Gasteiger partial charge in [-0.3, -0.25) is 19.2 Å². The SMILES string of the molecule is CC(=O)OCC1O[C@@H](c2ccc(C)c(Cc3ccc(OS(=O)(=O)C(F)(F)F)cc3)c2)[C@H](OC(C)=O)[C@@H](OC(C)=O)[C@@H]1OC(C)=O. The van der Waals surface area contributed by atoms with Crippen molar-refractivity contribution in [1.82, 2.24) is 0 Å². The lowest BCUT2D eigenvalue weighted by atomic mass is 9.88. The Morgan fingerprint density at radius 3 is 1.89 bits per heavy atom. The molecule has 2 aromatic rings. The number of aryl methyl sites for hydroxylation is 1. The van der Waals surface area contributed by atoms with E-state index in [9.17, 15) is 40.8 Å². The summed E-state index contributed by atoms with van der Waals surface area (Å²) >= 11 is 0. The quantitative estimate of drug-likeness (QED) is 0.158. The van der Waals surface area contributed by atoms with Gasteiger partial charge in [-0.15, -0.1) is 0 Å². The molecule has 2 aromatic carbocycles. The van der Waals surface area contributed by atoms with Gasteiger partial charge in [-0.2, -0.15) is 21.6 Å². The molecule has 0 N–H and O–H groups in total. The van der Waals surface area contributed by atoms with Crippen molar-refractivity contribution in [2.45, 2.75) is 77.1 Å². The van der Waals surface area contributed by atoms with Crippen LogP contribution in [0.3, 0.4) is 0 Å². The van der Waals surface area contributed by atoms with Gasteiger partial charge < -0.3 is 27.9 Å². The zero-order chi connectivity index (χ0) is 33.7. The summed E-state index contributed by atoms with van der Waals surface area (Å²) in [4.78, 5) is 47.9. The van der Waals surface area contributed by atoms with Gasteiger partial charge in [0.25, 0.3) is 0 Å². The highest BCUT2D eigenvalue weighted by Crippen LogP contribution is 2.38. The Hall–Kier alpha value is -4.18. The van der Waals surface area contributed by atoms with Crippen molar-refractivity contribution in [2.24, 2.45) is 0 Å². The van der Waals surface area contributed by atoms with Crippen LogP contribution in [0.5, 0.6) is 5.75 Å². The highest BCUT2D eigenvalue weighted by Gasteiger charge is 2.52. The van der Waals surface area contributed by atoms with Gasteiger partial charge in [0.1, 0.15) is 24.6 Å². The minimum absolute atomic E-state index is 0.219. The molecule has 1 aliphatic heterocycles. The Labute approximate surface area is 256 Å². The monoisotopic (exact) mass is 660 g/mol. The molecular formula is C29H31F3O12S. The lowest BCUT2D eigenvalue weighted by molar-refractivity contribution is -0.254. The molecule has 1 fully saturated rings. The normalized spacial score (nSPS) is 21.7. The molecule has 1 unspecified atom stereocenters. The predicted molar refractivity (Wildman–Crippen MR) is 147 cm³/mol. The van der Waals surface area contributed by atoms with Crippen LogP contribution < -0.4 is 4.18 Å². The Morgan fingerprint density at radius 2 is 1.36 bits per heavy atom. The summed E-state index contributed by atoms with van der Waals surface area (Å²) in [6.07, 6.45) is -6.04. The van der Waals surface area contributed by atoms with Crippen molar-refractivity contribution < 1.29 is 68.6 Å². The summed E-state index contributed by atoms with van der Waals surface area (Å²) in [5.41, 5.74) is -3.10. The largest absolute Gasteiger partial charge is 0.534 e. The Balaban J connectivity index is 1.99. The molecule has 246 valence electrons. The average molecular weight is 661 g/mol. The van der Waals surface area contributed by atoms with Crippen molar-refractivity contribution in [3.05, 3.63) is 64.7 Å². The van der Waals surface area contributed by atoms with E-state index < -0.39 is 82.4 Å². The number of esters is 4. The van der Waals surface area contributed by atoms with Crippen molar-refractivity contribution in [3.63, 3.8) is 0 Å². The van der Waals surface area contributed by atoms with E-state index in [-0.39, 0.29) is 6.42 Å². The van der Waals surface area contributed by atoms with E-state index >= 15 is 0 Å². The average Bonchev–Trinajstić information content (AvgIpc) is 2.90. The van der Waals surface area contributed by atoms with E-state index in [1.54, 1.807) is 25.1 Å². The third-order valence-electron chi connectivity index (χ3n) is 6.50. The minimum Gasteiger partial charge on any atom is -0.463 e. The third kappa shape index (κ3) is 9.41. The maximum Gasteiger partial charge on any atom is 0.534 e. The lowest BCUT2D eigenvalue weighted by Crippen LogP contribution is -2.59. The molecule has 0 amide bonds. The van der Waals surface area contributed by atoms with Gasteiger partial charge in [-0.05, 0) is 47.7 Å². The summed E-state index contributed by atoms with van der Waals surface area (Å²) in [5.74, 6) is -3.49. The predicted octanol–water partition coefficient (Wildman–Crippen LogP) is 3.61. The van der Waals surface area contributed by atoms with Crippen molar-refractivity contribution >= 4 is 34.0 Å². The molecule has 12 nitrogen and oxygen atoms in total. The standard InChI is InChI=1S/C29H31F3O12S/c1-15-6-9-21(13-22(15)12-20-7-10-23(11-8-20)44-45(37,38)29(30,31)32)25-27(41-18(4)35)28(42-19(5)36)26(40-17(3)34)24(43-25)14-39-16(2)33/h6-11,13,24-28H,12,14H2,1-5H3/t24?,25-,26+,27-,28-/m0/s1. The molecule has 45 heavy (non-hydrogen) atoms. The van der Waals surface area contributed by atoms with Crippen LogP contribution in [0.2, 0.25) is 0 Å². The molecule has 5 atom stereocenters. The highest BCUT2D eigenvalue weighted by atomic mass is 32.2. The van der Waals surface area contributed by atoms with Crippen LogP contribution in [-0.2, 0) is 59.4 Å². The van der Waals surface area contributed by atoms with E-state index in [2.05, 4.69) is 4.18 Å². The summed E-state index contributed by atoms with van der Waals surface area (Å²) in [7, 11) is -5.83. The first-order valence-electron chi connectivity index (χ1n) is 13.4. The second kappa shape index (κ2) is 14.3. The summed E-state index contributed by atoms with van der Waals surface area (Å²) < 4.78 is 92.5. The number of alkyl halides is 3. The van der Waals surface area contributed by atoms with E-state index in [1.807, 2.05) is 0 Å². The first-order valence-corrected chi connectivity index (χ1v) is 14.8. The second-order valence-electron chi connectivity index (χ2n) is 10.1. The Kier molecular flexibility index (Phi) is 11.2.